The lowest BCUT2D eigenvalue weighted by molar-refractivity contribution is -0.274. The van der Waals surface area contributed by atoms with Gasteiger partial charge in [0.25, 0.3) is 0 Å². The Labute approximate surface area is 175 Å². The summed E-state index contributed by atoms with van der Waals surface area (Å²) in [4.78, 5) is 19.7. The number of rotatable bonds is 7. The number of benzene rings is 1. The van der Waals surface area contributed by atoms with Crippen LogP contribution in [0.1, 0.15) is 23.6 Å². The molecule has 9 heteroatoms. The second-order valence-electron chi connectivity index (χ2n) is 7.24. The highest BCUT2D eigenvalue weighted by atomic mass is 19.4. The average molecular weight is 429 g/mol. The van der Waals surface area contributed by atoms with E-state index >= 15 is 0 Å². The molecule has 4 rings (SSSR count). The molecular formula is C22H18F3N3O3. The Morgan fingerprint density at radius 3 is 2.65 bits per heavy atom. The minimum absolute atomic E-state index is 0.0524. The van der Waals surface area contributed by atoms with E-state index in [1.807, 2.05) is 18.2 Å². The van der Waals surface area contributed by atoms with Crippen molar-refractivity contribution in [2.45, 2.75) is 25.2 Å². The van der Waals surface area contributed by atoms with Gasteiger partial charge in [0, 0.05) is 36.1 Å². The number of carboxylic acid groups (broad SMARTS) is 1. The Morgan fingerprint density at radius 1 is 1.13 bits per heavy atom. The van der Waals surface area contributed by atoms with Crippen LogP contribution in [-0.4, -0.2) is 27.4 Å². The van der Waals surface area contributed by atoms with Crippen LogP contribution in [0.2, 0.25) is 0 Å². The zero-order valence-electron chi connectivity index (χ0n) is 16.1. The van der Waals surface area contributed by atoms with Gasteiger partial charge in [0.2, 0.25) is 0 Å². The molecule has 0 amide bonds. The van der Waals surface area contributed by atoms with Crippen LogP contribution in [0.15, 0.2) is 60.9 Å². The lowest BCUT2D eigenvalue weighted by Gasteiger charge is -2.11. The van der Waals surface area contributed by atoms with Gasteiger partial charge >= 0.3 is 12.3 Å². The van der Waals surface area contributed by atoms with Gasteiger partial charge in [-0.3, -0.25) is 9.78 Å². The molecule has 31 heavy (non-hydrogen) atoms. The molecule has 6 nitrogen and oxygen atoms in total. The lowest BCUT2D eigenvalue weighted by atomic mass is 10.1. The van der Waals surface area contributed by atoms with Crippen molar-refractivity contribution in [2.75, 3.05) is 5.32 Å². The van der Waals surface area contributed by atoms with Crippen LogP contribution in [0.4, 0.5) is 19.0 Å². The summed E-state index contributed by atoms with van der Waals surface area (Å²) in [5, 5.41) is 12.2. The fraction of sp³-hybridized carbons (Fsp3) is 0.227. The minimum Gasteiger partial charge on any atom is -0.481 e. The highest BCUT2D eigenvalue weighted by Crippen LogP contribution is 2.47. The standard InChI is InChI=1S/C22H18F3N3O3/c23-22(24,25)31-16-3-1-2-13(8-16)11-27-20-5-4-15(12-28-20)14-6-7-26-19(9-14)17-10-18(17)21(29)30/h1-9,12,17-18H,10-11H2,(H,27,28)(H,29,30). The fourth-order valence-corrected chi connectivity index (χ4v) is 3.34. The van der Waals surface area contributed by atoms with Gasteiger partial charge in [-0.25, -0.2) is 4.98 Å². The second-order valence-corrected chi connectivity index (χ2v) is 7.24. The van der Waals surface area contributed by atoms with E-state index in [2.05, 4.69) is 20.0 Å². The minimum atomic E-state index is -4.73. The molecule has 3 aromatic rings. The van der Waals surface area contributed by atoms with Crippen molar-refractivity contribution in [3.05, 3.63) is 72.2 Å². The summed E-state index contributed by atoms with van der Waals surface area (Å²) in [7, 11) is 0. The van der Waals surface area contributed by atoms with Gasteiger partial charge in [-0.15, -0.1) is 13.2 Å². The van der Waals surface area contributed by atoms with Crippen LogP contribution in [0.25, 0.3) is 11.1 Å². The summed E-state index contributed by atoms with van der Waals surface area (Å²) < 4.78 is 41.0. The predicted octanol–water partition coefficient (Wildman–Crippen LogP) is 4.84. The number of halogens is 3. The summed E-state index contributed by atoms with van der Waals surface area (Å²) in [6.45, 7) is 0.277. The Balaban J connectivity index is 1.39. The Bertz CT molecular complexity index is 1090. The van der Waals surface area contributed by atoms with Crippen molar-refractivity contribution >= 4 is 11.8 Å². The van der Waals surface area contributed by atoms with Gasteiger partial charge in [-0.2, -0.15) is 0 Å². The van der Waals surface area contributed by atoms with E-state index in [1.165, 1.54) is 18.2 Å². The van der Waals surface area contributed by atoms with Crippen molar-refractivity contribution in [3.8, 4) is 16.9 Å². The molecule has 160 valence electrons. The lowest BCUT2D eigenvalue weighted by Crippen LogP contribution is -2.17. The van der Waals surface area contributed by atoms with Gasteiger partial charge in [0.15, 0.2) is 0 Å². The van der Waals surface area contributed by atoms with E-state index in [0.717, 1.165) is 16.8 Å². The molecular weight excluding hydrogens is 411 g/mol. The number of anilines is 1. The van der Waals surface area contributed by atoms with Crippen LogP contribution in [0, 0.1) is 5.92 Å². The number of nitrogens with zero attached hydrogens (tertiary/aromatic N) is 2. The van der Waals surface area contributed by atoms with E-state index in [-0.39, 0.29) is 24.1 Å². The number of carbonyl (C=O) groups is 1. The summed E-state index contributed by atoms with van der Waals surface area (Å²) >= 11 is 0. The number of nitrogens with one attached hydrogen (secondary N) is 1. The van der Waals surface area contributed by atoms with Crippen molar-refractivity contribution in [1.82, 2.24) is 9.97 Å². The quantitative estimate of drug-likeness (QED) is 0.559. The maximum absolute atomic E-state index is 12.4. The molecule has 0 aliphatic heterocycles. The molecule has 2 heterocycles. The zero-order chi connectivity index (χ0) is 22.0. The van der Waals surface area contributed by atoms with Gasteiger partial charge < -0.3 is 15.2 Å². The van der Waals surface area contributed by atoms with Crippen LogP contribution in [0.5, 0.6) is 5.75 Å². The van der Waals surface area contributed by atoms with Gasteiger partial charge in [-0.1, -0.05) is 12.1 Å². The first-order valence-corrected chi connectivity index (χ1v) is 9.52. The Morgan fingerprint density at radius 2 is 1.97 bits per heavy atom. The molecule has 0 bridgehead atoms. The number of pyridine rings is 2. The maximum Gasteiger partial charge on any atom is 0.573 e. The molecule has 0 spiro atoms. The van der Waals surface area contributed by atoms with Gasteiger partial charge in [-0.05, 0) is 53.9 Å². The molecule has 2 atom stereocenters. The third kappa shape index (κ3) is 5.30. The molecule has 1 aliphatic rings. The predicted molar refractivity (Wildman–Crippen MR) is 106 cm³/mol. The van der Waals surface area contributed by atoms with E-state index in [4.69, 9.17) is 5.11 Å². The zero-order valence-corrected chi connectivity index (χ0v) is 16.1. The largest absolute Gasteiger partial charge is 0.573 e. The number of hydrogen-bond acceptors (Lipinski definition) is 5. The second kappa shape index (κ2) is 8.25. The van der Waals surface area contributed by atoms with E-state index in [0.29, 0.717) is 17.8 Å². The number of aliphatic carboxylic acids is 1. The highest BCUT2D eigenvalue weighted by Gasteiger charge is 2.45. The van der Waals surface area contributed by atoms with Crippen molar-refractivity contribution in [1.29, 1.82) is 0 Å². The van der Waals surface area contributed by atoms with Gasteiger partial charge in [0.05, 0.1) is 5.92 Å². The highest BCUT2D eigenvalue weighted by molar-refractivity contribution is 5.75. The van der Waals surface area contributed by atoms with Crippen LogP contribution < -0.4 is 10.1 Å². The van der Waals surface area contributed by atoms with Crippen LogP contribution >= 0.6 is 0 Å². The molecule has 1 fully saturated rings. The summed E-state index contributed by atoms with van der Waals surface area (Å²) in [6.07, 6.45) is -0.803. The molecule has 1 aliphatic carbocycles. The Hall–Kier alpha value is -3.62. The fourth-order valence-electron chi connectivity index (χ4n) is 3.34. The Kier molecular flexibility index (Phi) is 5.50. The van der Waals surface area contributed by atoms with Crippen LogP contribution in [0.3, 0.4) is 0 Å². The summed E-state index contributed by atoms with van der Waals surface area (Å²) in [6, 6.07) is 13.1. The van der Waals surface area contributed by atoms with Crippen molar-refractivity contribution in [3.63, 3.8) is 0 Å². The molecule has 2 N–H and O–H groups in total. The molecule has 0 saturated heterocycles. The molecule has 1 aromatic carbocycles. The number of alkyl halides is 3. The van der Waals surface area contributed by atoms with E-state index < -0.39 is 12.3 Å². The van der Waals surface area contributed by atoms with Crippen molar-refractivity contribution in [2.24, 2.45) is 5.92 Å². The number of aromatic nitrogens is 2. The summed E-state index contributed by atoms with van der Waals surface area (Å²) in [5.41, 5.74) is 3.11. The number of hydrogen-bond donors (Lipinski definition) is 2. The third-order valence-electron chi connectivity index (χ3n) is 4.97. The SMILES string of the molecule is O=C(O)C1CC1c1cc(-c2ccc(NCc3cccc(OC(F)(F)F)c3)nc2)ccn1. The van der Waals surface area contributed by atoms with Crippen LogP contribution in [-0.2, 0) is 11.3 Å². The first-order chi connectivity index (χ1) is 14.8. The first kappa shape index (κ1) is 20.6. The average Bonchev–Trinajstić information content (AvgIpc) is 3.53. The maximum atomic E-state index is 12.4. The van der Waals surface area contributed by atoms with E-state index in [9.17, 15) is 18.0 Å². The monoisotopic (exact) mass is 429 g/mol. The first-order valence-electron chi connectivity index (χ1n) is 9.52. The number of ether oxygens (including phenoxy) is 1. The smallest absolute Gasteiger partial charge is 0.481 e. The normalized spacial score (nSPS) is 17.8. The van der Waals surface area contributed by atoms with Crippen molar-refractivity contribution < 1.29 is 27.8 Å². The third-order valence-corrected chi connectivity index (χ3v) is 4.97. The molecule has 2 aromatic heterocycles. The van der Waals surface area contributed by atoms with E-state index in [1.54, 1.807) is 24.5 Å². The number of carboxylic acids is 1. The molecule has 2 unspecified atom stereocenters. The summed E-state index contributed by atoms with van der Waals surface area (Å²) in [5.74, 6) is -0.932. The molecule has 0 radical (unpaired) electrons. The van der Waals surface area contributed by atoms with Gasteiger partial charge in [0.1, 0.15) is 11.6 Å². The molecule has 1 saturated carbocycles. The topological polar surface area (TPSA) is 84.3 Å².